The average molecular weight is 523 g/mol. The Hall–Kier alpha value is -3.05. The predicted molar refractivity (Wildman–Crippen MR) is 133 cm³/mol. The van der Waals surface area contributed by atoms with Crippen LogP contribution in [0.4, 0.5) is 14.5 Å². The first kappa shape index (κ1) is 27.5. The van der Waals surface area contributed by atoms with Crippen LogP contribution in [0, 0.1) is 11.6 Å². The highest BCUT2D eigenvalue weighted by atomic mass is 32.2. The quantitative estimate of drug-likeness (QED) is 0.520. The van der Waals surface area contributed by atoms with Crippen molar-refractivity contribution >= 4 is 27.7 Å². The van der Waals surface area contributed by atoms with Crippen molar-refractivity contribution in [3.8, 4) is 0 Å². The third-order valence-corrected chi connectivity index (χ3v) is 8.11. The lowest BCUT2D eigenvalue weighted by Crippen LogP contribution is -2.53. The van der Waals surface area contributed by atoms with E-state index in [4.69, 9.17) is 0 Å². The largest absolute Gasteiger partial charge is 0.352 e. The van der Waals surface area contributed by atoms with Crippen molar-refractivity contribution in [2.24, 2.45) is 0 Å². The summed E-state index contributed by atoms with van der Waals surface area (Å²) in [5.74, 6) is -2.59. The van der Waals surface area contributed by atoms with Gasteiger partial charge in [-0.3, -0.25) is 9.59 Å². The number of rotatable bonds is 10. The molecule has 1 N–H and O–H groups in total. The van der Waals surface area contributed by atoms with Crippen molar-refractivity contribution in [3.63, 3.8) is 0 Å². The fourth-order valence-corrected chi connectivity index (χ4v) is 5.20. The van der Waals surface area contributed by atoms with Crippen LogP contribution in [-0.2, 0) is 26.3 Å². The van der Waals surface area contributed by atoms with Crippen LogP contribution in [0.3, 0.4) is 0 Å². The van der Waals surface area contributed by atoms with Crippen LogP contribution in [0.2, 0.25) is 0 Å². The molecule has 1 atom stereocenters. The van der Waals surface area contributed by atoms with Gasteiger partial charge in [0.2, 0.25) is 11.8 Å². The highest BCUT2D eigenvalue weighted by molar-refractivity contribution is 7.90. The second-order valence-corrected chi connectivity index (χ2v) is 11.1. The van der Waals surface area contributed by atoms with Gasteiger partial charge in [0, 0.05) is 32.2 Å². The third-order valence-electron chi connectivity index (χ3n) is 6.31. The van der Waals surface area contributed by atoms with Gasteiger partial charge in [-0.05, 0) is 38.0 Å². The summed E-state index contributed by atoms with van der Waals surface area (Å²) in [6.07, 6.45) is 3.66. The van der Waals surface area contributed by atoms with Crippen LogP contribution in [0.1, 0.15) is 38.2 Å². The summed E-state index contributed by atoms with van der Waals surface area (Å²) in [5, 5.41) is 2.93. The van der Waals surface area contributed by atoms with E-state index in [9.17, 15) is 26.8 Å². The number of carbonyl (C=O) groups is 2. The molecule has 11 heteroatoms. The highest BCUT2D eigenvalue weighted by Crippen LogP contribution is 2.24. The maximum absolute atomic E-state index is 14.6. The topological polar surface area (TPSA) is 90.0 Å². The van der Waals surface area contributed by atoms with Crippen LogP contribution in [-0.4, -0.2) is 62.2 Å². The van der Waals surface area contributed by atoms with Gasteiger partial charge < -0.3 is 10.2 Å². The first-order valence-electron chi connectivity index (χ1n) is 11.8. The van der Waals surface area contributed by atoms with Crippen LogP contribution in [0.5, 0.6) is 0 Å². The first-order valence-corrected chi connectivity index (χ1v) is 13.2. The SMILES string of the molecule is CC(C(=O)NC1CCCC1)N(Cc1ccccc1F)C(=O)CN(c1ccccc1F)S(=O)(=O)N(C)C. The lowest BCUT2D eigenvalue weighted by Gasteiger charge is -2.33. The zero-order valence-electron chi connectivity index (χ0n) is 20.7. The summed E-state index contributed by atoms with van der Waals surface area (Å²) in [5.41, 5.74) is -0.146. The molecule has 1 aliphatic carbocycles. The number of benzene rings is 2. The maximum Gasteiger partial charge on any atom is 0.304 e. The smallest absolute Gasteiger partial charge is 0.304 e. The number of halogens is 2. The Morgan fingerprint density at radius 3 is 2.17 bits per heavy atom. The van der Waals surface area contributed by atoms with E-state index in [0.717, 1.165) is 41.0 Å². The normalized spacial score (nSPS) is 15.1. The Morgan fingerprint density at radius 1 is 1.00 bits per heavy atom. The molecule has 0 radical (unpaired) electrons. The molecule has 0 aromatic heterocycles. The number of carbonyl (C=O) groups excluding carboxylic acids is 2. The maximum atomic E-state index is 14.6. The molecule has 2 aromatic rings. The van der Waals surface area contributed by atoms with Crippen molar-refractivity contribution in [2.45, 2.75) is 51.2 Å². The van der Waals surface area contributed by atoms with Crippen molar-refractivity contribution in [1.29, 1.82) is 0 Å². The van der Waals surface area contributed by atoms with Gasteiger partial charge in [-0.25, -0.2) is 13.1 Å². The van der Waals surface area contributed by atoms with Crippen molar-refractivity contribution in [3.05, 3.63) is 65.7 Å². The molecule has 36 heavy (non-hydrogen) atoms. The third kappa shape index (κ3) is 6.38. The number of nitrogens with one attached hydrogen (secondary N) is 1. The number of anilines is 1. The van der Waals surface area contributed by atoms with Gasteiger partial charge in [0.25, 0.3) is 0 Å². The summed E-state index contributed by atoms with van der Waals surface area (Å²) in [6, 6.07) is 10.0. The molecule has 3 rings (SSSR count). The summed E-state index contributed by atoms with van der Waals surface area (Å²) in [4.78, 5) is 27.7. The molecule has 1 aliphatic rings. The van der Waals surface area contributed by atoms with Crippen LogP contribution in [0.25, 0.3) is 0 Å². The fraction of sp³-hybridized carbons (Fsp3) is 0.440. The number of para-hydroxylation sites is 1. The van der Waals surface area contributed by atoms with Gasteiger partial charge in [-0.1, -0.05) is 43.2 Å². The molecular formula is C25H32F2N4O4S. The Labute approximate surface area is 211 Å². The Kier molecular flexibility index (Phi) is 9.02. The van der Waals surface area contributed by atoms with Crippen molar-refractivity contribution < 1.29 is 26.8 Å². The predicted octanol–water partition coefficient (Wildman–Crippen LogP) is 3.05. The monoisotopic (exact) mass is 522 g/mol. The molecule has 0 heterocycles. The molecule has 0 bridgehead atoms. The van der Waals surface area contributed by atoms with E-state index in [-0.39, 0.29) is 23.8 Å². The molecule has 2 amide bonds. The minimum Gasteiger partial charge on any atom is -0.352 e. The molecule has 8 nitrogen and oxygen atoms in total. The molecular weight excluding hydrogens is 490 g/mol. The summed E-state index contributed by atoms with van der Waals surface area (Å²) in [7, 11) is -1.75. The molecule has 0 aliphatic heterocycles. The van der Waals surface area contributed by atoms with E-state index in [1.807, 2.05) is 0 Å². The van der Waals surface area contributed by atoms with Crippen molar-refractivity contribution in [2.75, 3.05) is 24.9 Å². The molecule has 1 fully saturated rings. The molecule has 2 aromatic carbocycles. The zero-order chi connectivity index (χ0) is 26.5. The second-order valence-electron chi connectivity index (χ2n) is 9.03. The Morgan fingerprint density at radius 2 is 1.58 bits per heavy atom. The van der Waals surface area contributed by atoms with E-state index in [1.165, 1.54) is 57.4 Å². The molecule has 1 unspecified atom stereocenters. The molecule has 196 valence electrons. The lowest BCUT2D eigenvalue weighted by atomic mass is 10.1. The Bertz CT molecular complexity index is 1190. The van der Waals surface area contributed by atoms with Crippen LogP contribution >= 0.6 is 0 Å². The Balaban J connectivity index is 1.95. The minimum atomic E-state index is -4.28. The van der Waals surface area contributed by atoms with E-state index >= 15 is 0 Å². The average Bonchev–Trinajstić information content (AvgIpc) is 3.35. The first-order chi connectivity index (χ1) is 17.0. The van der Waals surface area contributed by atoms with Crippen molar-refractivity contribution in [1.82, 2.24) is 14.5 Å². The zero-order valence-corrected chi connectivity index (χ0v) is 21.5. The number of amides is 2. The number of nitrogens with zero attached hydrogens (tertiary/aromatic N) is 3. The second kappa shape index (κ2) is 11.8. The van der Waals surface area contributed by atoms with Gasteiger partial charge in [0.05, 0.1) is 5.69 Å². The fourth-order valence-electron chi connectivity index (χ4n) is 4.14. The van der Waals surface area contributed by atoms with E-state index in [2.05, 4.69) is 5.32 Å². The van der Waals surface area contributed by atoms with Gasteiger partial charge in [-0.15, -0.1) is 0 Å². The van der Waals surface area contributed by atoms with E-state index in [0.29, 0.717) is 4.31 Å². The van der Waals surface area contributed by atoms with Gasteiger partial charge >= 0.3 is 10.2 Å². The van der Waals surface area contributed by atoms with E-state index in [1.54, 1.807) is 6.07 Å². The van der Waals surface area contributed by atoms with Gasteiger partial charge in [0.15, 0.2) is 0 Å². The highest BCUT2D eigenvalue weighted by Gasteiger charge is 2.34. The summed E-state index contributed by atoms with van der Waals surface area (Å²) in [6.45, 7) is 0.464. The van der Waals surface area contributed by atoms with Crippen LogP contribution < -0.4 is 9.62 Å². The molecule has 1 saturated carbocycles. The summed E-state index contributed by atoms with van der Waals surface area (Å²) < 4.78 is 56.8. The number of hydrogen-bond acceptors (Lipinski definition) is 4. The molecule has 0 saturated heterocycles. The number of hydrogen-bond donors (Lipinski definition) is 1. The van der Waals surface area contributed by atoms with Gasteiger partial charge in [-0.2, -0.15) is 12.7 Å². The molecule has 0 spiro atoms. The van der Waals surface area contributed by atoms with Crippen LogP contribution in [0.15, 0.2) is 48.5 Å². The van der Waals surface area contributed by atoms with E-state index < -0.39 is 46.2 Å². The van der Waals surface area contributed by atoms with Gasteiger partial charge in [0.1, 0.15) is 24.2 Å². The lowest BCUT2D eigenvalue weighted by molar-refractivity contribution is -0.139. The minimum absolute atomic E-state index is 0.00519. The summed E-state index contributed by atoms with van der Waals surface area (Å²) >= 11 is 0. The standard InChI is InChI=1S/C25H32F2N4O4S/c1-18(25(33)28-20-11-5-6-12-20)30(16-19-10-4-7-13-21(19)26)24(32)17-31(36(34,35)29(2)3)23-15-9-8-14-22(23)27/h4,7-10,13-15,18,20H,5-6,11-12,16-17H2,1-3H3,(H,28,33).